The molecular formula is C22H31NO3. The third-order valence-electron chi connectivity index (χ3n) is 5.72. The van der Waals surface area contributed by atoms with Crippen LogP contribution in [0.25, 0.3) is 6.08 Å². The van der Waals surface area contributed by atoms with Crippen LogP contribution in [0.1, 0.15) is 51.5 Å². The van der Waals surface area contributed by atoms with Crippen molar-refractivity contribution in [3.8, 4) is 11.5 Å². The van der Waals surface area contributed by atoms with E-state index in [-0.39, 0.29) is 11.7 Å². The summed E-state index contributed by atoms with van der Waals surface area (Å²) in [4.78, 5) is 14.8. The second kappa shape index (κ2) is 8.61. The van der Waals surface area contributed by atoms with Crippen LogP contribution in [-0.2, 0) is 4.79 Å². The number of benzene rings is 1. The average molecular weight is 357 g/mol. The summed E-state index contributed by atoms with van der Waals surface area (Å²) < 4.78 is 11.6. The van der Waals surface area contributed by atoms with E-state index >= 15 is 0 Å². The molecule has 0 aromatic heterocycles. The Balaban J connectivity index is 1.75. The van der Waals surface area contributed by atoms with E-state index < -0.39 is 0 Å². The number of fused-ring (bicyclic) bond motifs is 3. The molecule has 3 saturated heterocycles. The fourth-order valence-electron chi connectivity index (χ4n) is 3.99. The van der Waals surface area contributed by atoms with Crippen LogP contribution in [0.5, 0.6) is 11.5 Å². The number of allylic oxidation sites excluding steroid dienone is 1. The highest BCUT2D eigenvalue weighted by Gasteiger charge is 2.36. The molecule has 3 aliphatic rings. The van der Waals surface area contributed by atoms with Crippen LogP contribution in [0.15, 0.2) is 23.9 Å². The Kier molecular flexibility index (Phi) is 6.23. The molecule has 0 amide bonds. The highest BCUT2D eigenvalue weighted by atomic mass is 16.5. The first-order chi connectivity index (χ1) is 12.7. The van der Waals surface area contributed by atoms with Gasteiger partial charge in [-0.15, -0.1) is 0 Å². The Labute approximate surface area is 157 Å². The standard InChI is InChI=1S/C22H31NO3/c1-4-6-16(5-2)15-26-19-8-7-18(21(14-19)25-3)13-20-22(24)17-9-11-23(20)12-10-17/h7-8,13-14,16-17H,4-6,9-12,15H2,1-3H3. The van der Waals surface area contributed by atoms with Gasteiger partial charge in [-0.25, -0.2) is 0 Å². The first kappa shape index (κ1) is 18.8. The number of rotatable bonds is 8. The number of ketones is 1. The van der Waals surface area contributed by atoms with Gasteiger partial charge in [0.25, 0.3) is 0 Å². The van der Waals surface area contributed by atoms with E-state index in [0.29, 0.717) is 5.92 Å². The Morgan fingerprint density at radius 2 is 2.04 bits per heavy atom. The average Bonchev–Trinajstić information content (AvgIpc) is 2.68. The van der Waals surface area contributed by atoms with Gasteiger partial charge in [-0.2, -0.15) is 0 Å². The van der Waals surface area contributed by atoms with Gasteiger partial charge in [0.15, 0.2) is 5.78 Å². The normalized spacial score (nSPS) is 19.9. The second-order valence-electron chi connectivity index (χ2n) is 7.43. The van der Waals surface area contributed by atoms with Gasteiger partial charge in [-0.05, 0) is 43.4 Å². The molecule has 0 saturated carbocycles. The zero-order valence-electron chi connectivity index (χ0n) is 16.3. The quantitative estimate of drug-likeness (QED) is 0.641. The van der Waals surface area contributed by atoms with E-state index in [4.69, 9.17) is 9.47 Å². The summed E-state index contributed by atoms with van der Waals surface area (Å²) in [5, 5.41) is 0. The number of methoxy groups -OCH3 is 1. The van der Waals surface area contributed by atoms with Gasteiger partial charge in [0, 0.05) is 30.6 Å². The van der Waals surface area contributed by atoms with Crippen LogP contribution in [0.3, 0.4) is 0 Å². The van der Waals surface area contributed by atoms with Crippen LogP contribution in [0, 0.1) is 11.8 Å². The molecule has 1 aromatic carbocycles. The Morgan fingerprint density at radius 1 is 1.27 bits per heavy atom. The lowest BCUT2D eigenvalue weighted by Gasteiger charge is -2.41. The Bertz CT molecular complexity index is 659. The molecule has 3 heterocycles. The predicted octanol–water partition coefficient (Wildman–Crippen LogP) is 4.54. The van der Waals surface area contributed by atoms with E-state index in [2.05, 4.69) is 18.7 Å². The third kappa shape index (κ3) is 4.05. The number of Topliss-reactive ketones (excluding diaryl/α,β-unsaturated/α-hetero) is 1. The highest BCUT2D eigenvalue weighted by Crippen LogP contribution is 2.34. The molecule has 0 spiro atoms. The molecule has 0 N–H and O–H groups in total. The SMILES string of the molecule is CCCC(CC)COc1ccc(C=C2C(=O)C3CCN2CC3)c(OC)c1. The van der Waals surface area contributed by atoms with Crippen molar-refractivity contribution in [3.63, 3.8) is 0 Å². The lowest BCUT2D eigenvalue weighted by atomic mass is 9.84. The summed E-state index contributed by atoms with van der Waals surface area (Å²) in [7, 11) is 1.67. The van der Waals surface area contributed by atoms with Crippen molar-refractivity contribution in [2.24, 2.45) is 11.8 Å². The van der Waals surface area contributed by atoms with Crippen molar-refractivity contribution in [2.45, 2.75) is 46.0 Å². The lowest BCUT2D eigenvalue weighted by molar-refractivity contribution is -0.125. The van der Waals surface area contributed by atoms with Crippen LogP contribution < -0.4 is 9.47 Å². The van der Waals surface area contributed by atoms with Gasteiger partial charge in [-0.1, -0.05) is 26.7 Å². The fourth-order valence-corrected chi connectivity index (χ4v) is 3.99. The molecular weight excluding hydrogens is 326 g/mol. The molecule has 4 nitrogen and oxygen atoms in total. The van der Waals surface area contributed by atoms with Crippen molar-refractivity contribution in [3.05, 3.63) is 29.5 Å². The van der Waals surface area contributed by atoms with E-state index in [0.717, 1.165) is 61.7 Å². The number of carbonyl (C=O) groups excluding carboxylic acids is 1. The summed E-state index contributed by atoms with van der Waals surface area (Å²) in [5.41, 5.74) is 1.78. The predicted molar refractivity (Wildman–Crippen MR) is 104 cm³/mol. The van der Waals surface area contributed by atoms with Crippen molar-refractivity contribution in [2.75, 3.05) is 26.8 Å². The zero-order valence-corrected chi connectivity index (χ0v) is 16.3. The van der Waals surface area contributed by atoms with E-state index in [1.807, 2.05) is 24.3 Å². The molecule has 4 rings (SSSR count). The van der Waals surface area contributed by atoms with E-state index in [1.165, 1.54) is 12.8 Å². The number of piperidine rings is 3. The van der Waals surface area contributed by atoms with Gasteiger partial charge < -0.3 is 14.4 Å². The van der Waals surface area contributed by atoms with Crippen molar-refractivity contribution < 1.29 is 14.3 Å². The molecule has 1 atom stereocenters. The second-order valence-corrected chi connectivity index (χ2v) is 7.43. The first-order valence-electron chi connectivity index (χ1n) is 9.97. The topological polar surface area (TPSA) is 38.8 Å². The molecule has 0 radical (unpaired) electrons. The minimum Gasteiger partial charge on any atom is -0.496 e. The highest BCUT2D eigenvalue weighted by molar-refractivity contribution is 6.02. The summed E-state index contributed by atoms with van der Waals surface area (Å²) >= 11 is 0. The maximum atomic E-state index is 12.6. The fraction of sp³-hybridized carbons (Fsp3) is 0.591. The molecule has 3 aliphatic heterocycles. The number of hydrogen-bond acceptors (Lipinski definition) is 4. The van der Waals surface area contributed by atoms with Crippen molar-refractivity contribution >= 4 is 11.9 Å². The molecule has 1 unspecified atom stereocenters. The number of ether oxygens (including phenoxy) is 2. The summed E-state index contributed by atoms with van der Waals surface area (Å²) in [6, 6.07) is 5.92. The van der Waals surface area contributed by atoms with E-state index in [1.54, 1.807) is 7.11 Å². The van der Waals surface area contributed by atoms with Crippen molar-refractivity contribution in [1.82, 2.24) is 4.90 Å². The van der Waals surface area contributed by atoms with Crippen LogP contribution in [0.4, 0.5) is 0 Å². The minimum absolute atomic E-state index is 0.212. The molecule has 142 valence electrons. The van der Waals surface area contributed by atoms with Crippen LogP contribution in [-0.4, -0.2) is 37.5 Å². The monoisotopic (exact) mass is 357 g/mol. The number of carbonyl (C=O) groups is 1. The molecule has 0 aliphatic carbocycles. The third-order valence-corrected chi connectivity index (χ3v) is 5.72. The minimum atomic E-state index is 0.212. The molecule has 1 aromatic rings. The summed E-state index contributed by atoms with van der Waals surface area (Å²) in [6.45, 7) is 7.14. The Morgan fingerprint density at radius 3 is 2.65 bits per heavy atom. The largest absolute Gasteiger partial charge is 0.496 e. The van der Waals surface area contributed by atoms with Gasteiger partial charge in [-0.3, -0.25) is 4.79 Å². The maximum absolute atomic E-state index is 12.6. The molecule has 26 heavy (non-hydrogen) atoms. The molecule has 4 heteroatoms. The Hall–Kier alpha value is -1.97. The molecule has 3 fully saturated rings. The lowest BCUT2D eigenvalue weighted by Crippen LogP contribution is -2.45. The summed E-state index contributed by atoms with van der Waals surface area (Å²) in [5.74, 6) is 2.68. The van der Waals surface area contributed by atoms with Gasteiger partial charge in [0.05, 0.1) is 19.4 Å². The van der Waals surface area contributed by atoms with Crippen LogP contribution in [0.2, 0.25) is 0 Å². The van der Waals surface area contributed by atoms with Gasteiger partial charge in [0.2, 0.25) is 0 Å². The van der Waals surface area contributed by atoms with E-state index in [9.17, 15) is 4.79 Å². The number of hydrogen-bond donors (Lipinski definition) is 0. The summed E-state index contributed by atoms with van der Waals surface area (Å²) in [6.07, 6.45) is 7.49. The van der Waals surface area contributed by atoms with Crippen molar-refractivity contribution in [1.29, 1.82) is 0 Å². The van der Waals surface area contributed by atoms with Gasteiger partial charge >= 0.3 is 0 Å². The smallest absolute Gasteiger partial charge is 0.182 e. The first-order valence-corrected chi connectivity index (χ1v) is 9.97. The number of nitrogens with zero attached hydrogens (tertiary/aromatic N) is 1. The van der Waals surface area contributed by atoms with Gasteiger partial charge in [0.1, 0.15) is 11.5 Å². The maximum Gasteiger partial charge on any atom is 0.182 e. The zero-order chi connectivity index (χ0) is 18.5. The molecule has 2 bridgehead atoms. The van der Waals surface area contributed by atoms with Crippen LogP contribution >= 0.6 is 0 Å².